The lowest BCUT2D eigenvalue weighted by atomic mass is 9.98. The van der Waals surface area contributed by atoms with Gasteiger partial charge in [-0.15, -0.1) is 0 Å². The van der Waals surface area contributed by atoms with Crippen molar-refractivity contribution in [3.63, 3.8) is 0 Å². The van der Waals surface area contributed by atoms with Crippen LogP contribution in [0.1, 0.15) is 32.7 Å². The number of aliphatic hydroxyl groups is 2. The van der Waals surface area contributed by atoms with E-state index in [-0.39, 0.29) is 18.4 Å². The van der Waals surface area contributed by atoms with E-state index in [4.69, 9.17) is 5.11 Å². The van der Waals surface area contributed by atoms with Crippen LogP contribution < -0.4 is 5.32 Å². The highest BCUT2D eigenvalue weighted by Gasteiger charge is 2.28. The van der Waals surface area contributed by atoms with E-state index in [1.807, 2.05) is 0 Å². The lowest BCUT2D eigenvalue weighted by Gasteiger charge is -2.08. The molecule has 0 saturated carbocycles. The maximum absolute atomic E-state index is 11.6. The quantitative estimate of drug-likeness (QED) is 0.634. The van der Waals surface area contributed by atoms with Crippen LogP contribution in [0.5, 0.6) is 0 Å². The Morgan fingerprint density at radius 2 is 2.00 bits per heavy atom. The van der Waals surface area contributed by atoms with Gasteiger partial charge in [0, 0.05) is 0 Å². The molecule has 2 amide bonds. The highest BCUT2D eigenvalue weighted by molar-refractivity contribution is 6.22. The van der Waals surface area contributed by atoms with E-state index in [0.29, 0.717) is 24.0 Å². The van der Waals surface area contributed by atoms with Crippen molar-refractivity contribution < 1.29 is 19.8 Å². The minimum Gasteiger partial charge on any atom is -0.394 e. The maximum Gasteiger partial charge on any atom is 0.259 e. The Hall–Kier alpha value is -1.72. The van der Waals surface area contributed by atoms with Crippen molar-refractivity contribution in [1.29, 1.82) is 0 Å². The maximum atomic E-state index is 11.6. The predicted octanol–water partition coefficient (Wildman–Crippen LogP) is -0.144. The molecule has 2 rings (SSSR count). The molecule has 5 heteroatoms. The molecule has 0 aromatic heterocycles. The zero-order valence-corrected chi connectivity index (χ0v) is 9.14. The van der Waals surface area contributed by atoms with Gasteiger partial charge < -0.3 is 10.2 Å². The normalized spacial score (nSPS) is 15.6. The summed E-state index contributed by atoms with van der Waals surface area (Å²) in [5.74, 6) is -0.770. The van der Waals surface area contributed by atoms with Crippen LogP contribution in [0.25, 0.3) is 0 Å². The Kier molecular flexibility index (Phi) is 3.21. The minimum atomic E-state index is -0.800. The van der Waals surface area contributed by atoms with E-state index >= 15 is 0 Å². The predicted molar refractivity (Wildman–Crippen MR) is 59.7 cm³/mol. The zero-order valence-electron chi connectivity index (χ0n) is 9.14. The molecule has 0 fully saturated rings. The standard InChI is InChI=1S/C12H13NO4/c14-6-8(15)5-4-7-2-1-3-9-10(7)12(17)13-11(9)16/h1-3,8,14-15H,4-6H2,(H,13,16,17). The summed E-state index contributed by atoms with van der Waals surface area (Å²) in [7, 11) is 0. The fourth-order valence-corrected chi connectivity index (χ4v) is 1.91. The number of aliphatic hydroxyl groups excluding tert-OH is 2. The molecule has 1 aliphatic heterocycles. The van der Waals surface area contributed by atoms with Crippen LogP contribution >= 0.6 is 0 Å². The first kappa shape index (κ1) is 11.8. The number of imide groups is 1. The molecule has 0 saturated heterocycles. The summed E-state index contributed by atoms with van der Waals surface area (Å²) in [5.41, 5.74) is 1.49. The van der Waals surface area contributed by atoms with E-state index in [2.05, 4.69) is 5.32 Å². The lowest BCUT2D eigenvalue weighted by Crippen LogP contribution is -2.20. The summed E-state index contributed by atoms with van der Waals surface area (Å²) in [6, 6.07) is 5.06. The number of carbonyl (C=O) groups excluding carboxylic acids is 2. The minimum absolute atomic E-state index is 0.305. The van der Waals surface area contributed by atoms with Crippen molar-refractivity contribution >= 4 is 11.8 Å². The Morgan fingerprint density at radius 1 is 1.24 bits per heavy atom. The van der Waals surface area contributed by atoms with Crippen LogP contribution in [-0.2, 0) is 6.42 Å². The smallest absolute Gasteiger partial charge is 0.259 e. The highest BCUT2D eigenvalue weighted by Crippen LogP contribution is 2.21. The number of hydrogen-bond donors (Lipinski definition) is 3. The molecule has 1 atom stereocenters. The van der Waals surface area contributed by atoms with Crippen LogP contribution in [0.3, 0.4) is 0 Å². The van der Waals surface area contributed by atoms with Gasteiger partial charge in [0.25, 0.3) is 11.8 Å². The average molecular weight is 235 g/mol. The van der Waals surface area contributed by atoms with Gasteiger partial charge in [0.05, 0.1) is 23.8 Å². The molecule has 5 nitrogen and oxygen atoms in total. The Balaban J connectivity index is 2.25. The summed E-state index contributed by atoms with van der Waals surface area (Å²) in [4.78, 5) is 23.0. The molecule has 0 aliphatic carbocycles. The molecule has 0 spiro atoms. The van der Waals surface area contributed by atoms with Gasteiger partial charge in [-0.05, 0) is 24.5 Å². The third-order valence-electron chi connectivity index (χ3n) is 2.81. The second-order valence-corrected chi connectivity index (χ2v) is 4.00. The Labute approximate surface area is 98.1 Å². The number of benzene rings is 1. The molecule has 1 aromatic carbocycles. The molecule has 1 aromatic rings. The monoisotopic (exact) mass is 235 g/mol. The largest absolute Gasteiger partial charge is 0.394 e. The Morgan fingerprint density at radius 3 is 2.71 bits per heavy atom. The number of rotatable bonds is 4. The molecule has 1 unspecified atom stereocenters. The van der Waals surface area contributed by atoms with Crippen LogP contribution in [0, 0.1) is 0 Å². The van der Waals surface area contributed by atoms with Gasteiger partial charge in [-0.3, -0.25) is 14.9 Å². The number of nitrogens with one attached hydrogen (secondary N) is 1. The van der Waals surface area contributed by atoms with Crippen LogP contribution in [-0.4, -0.2) is 34.7 Å². The SMILES string of the molecule is O=C1NC(=O)c2c(CCC(O)CO)cccc21. The summed E-state index contributed by atoms with van der Waals surface area (Å²) in [5, 5.41) is 20.2. The van der Waals surface area contributed by atoms with Gasteiger partial charge in [0.15, 0.2) is 0 Å². The fraction of sp³-hybridized carbons (Fsp3) is 0.333. The van der Waals surface area contributed by atoms with Crippen molar-refractivity contribution in [2.45, 2.75) is 18.9 Å². The van der Waals surface area contributed by atoms with Crippen LogP contribution in [0.2, 0.25) is 0 Å². The van der Waals surface area contributed by atoms with Gasteiger partial charge in [0.1, 0.15) is 0 Å². The fourth-order valence-electron chi connectivity index (χ4n) is 1.91. The first-order chi connectivity index (χ1) is 8.13. The summed E-state index contributed by atoms with van der Waals surface area (Å²) < 4.78 is 0. The third kappa shape index (κ3) is 2.20. The van der Waals surface area contributed by atoms with E-state index in [1.165, 1.54) is 0 Å². The lowest BCUT2D eigenvalue weighted by molar-refractivity contribution is 0.0870. The highest BCUT2D eigenvalue weighted by atomic mass is 16.3. The second-order valence-electron chi connectivity index (χ2n) is 4.00. The molecular formula is C12H13NO4. The number of hydrogen-bond acceptors (Lipinski definition) is 4. The third-order valence-corrected chi connectivity index (χ3v) is 2.81. The van der Waals surface area contributed by atoms with Crippen molar-refractivity contribution in [1.82, 2.24) is 5.32 Å². The van der Waals surface area contributed by atoms with Crippen molar-refractivity contribution in [2.75, 3.05) is 6.61 Å². The average Bonchev–Trinajstić information content (AvgIpc) is 2.63. The van der Waals surface area contributed by atoms with Gasteiger partial charge in [-0.1, -0.05) is 12.1 Å². The van der Waals surface area contributed by atoms with Crippen molar-refractivity contribution in [2.24, 2.45) is 0 Å². The van der Waals surface area contributed by atoms with Crippen molar-refractivity contribution in [3.8, 4) is 0 Å². The van der Waals surface area contributed by atoms with Gasteiger partial charge in [0.2, 0.25) is 0 Å². The van der Waals surface area contributed by atoms with E-state index in [1.54, 1.807) is 18.2 Å². The van der Waals surface area contributed by atoms with Crippen LogP contribution in [0.15, 0.2) is 18.2 Å². The van der Waals surface area contributed by atoms with Gasteiger partial charge in [-0.2, -0.15) is 0 Å². The first-order valence-electron chi connectivity index (χ1n) is 5.40. The van der Waals surface area contributed by atoms with E-state index < -0.39 is 6.10 Å². The Bertz CT molecular complexity index is 470. The topological polar surface area (TPSA) is 86.6 Å². The summed E-state index contributed by atoms with van der Waals surface area (Å²) in [6.07, 6.45) is 0.00560. The molecular weight excluding hydrogens is 222 g/mol. The molecule has 0 radical (unpaired) electrons. The van der Waals surface area contributed by atoms with Gasteiger partial charge in [-0.25, -0.2) is 0 Å². The zero-order chi connectivity index (χ0) is 12.4. The molecule has 17 heavy (non-hydrogen) atoms. The molecule has 1 heterocycles. The van der Waals surface area contributed by atoms with Gasteiger partial charge >= 0.3 is 0 Å². The van der Waals surface area contributed by atoms with E-state index in [0.717, 1.165) is 5.56 Å². The molecule has 1 aliphatic rings. The molecule has 90 valence electrons. The first-order valence-corrected chi connectivity index (χ1v) is 5.40. The van der Waals surface area contributed by atoms with E-state index in [9.17, 15) is 14.7 Å². The number of amides is 2. The van der Waals surface area contributed by atoms with Crippen LogP contribution in [0.4, 0.5) is 0 Å². The number of aryl methyl sites for hydroxylation is 1. The summed E-state index contributed by atoms with van der Waals surface area (Å²) in [6.45, 7) is -0.305. The second kappa shape index (κ2) is 4.65. The van der Waals surface area contributed by atoms with Crippen molar-refractivity contribution in [3.05, 3.63) is 34.9 Å². The summed E-state index contributed by atoms with van der Waals surface area (Å²) >= 11 is 0. The molecule has 0 bridgehead atoms. The number of carbonyl (C=O) groups is 2. The molecule has 3 N–H and O–H groups in total. The number of fused-ring (bicyclic) bond motifs is 1.